The number of allylic oxidation sites excluding steroid dienone is 1. The smallest absolute Gasteiger partial charge is 0.240 e. The molecule has 0 unspecified atom stereocenters. The minimum atomic E-state index is -0.853. The lowest BCUT2D eigenvalue weighted by atomic mass is 9.86. The van der Waals surface area contributed by atoms with Crippen molar-refractivity contribution in [3.05, 3.63) is 66.2 Å². The zero-order valence-corrected chi connectivity index (χ0v) is 16.3. The van der Waals surface area contributed by atoms with Gasteiger partial charge in [0.2, 0.25) is 18.6 Å². The topological polar surface area (TPSA) is 88.5 Å². The fourth-order valence-corrected chi connectivity index (χ4v) is 4.89. The van der Waals surface area contributed by atoms with Crippen molar-refractivity contribution >= 4 is 29.5 Å². The summed E-state index contributed by atoms with van der Waals surface area (Å²) < 4.78 is 10.7. The first-order valence-electron chi connectivity index (χ1n) is 10.0. The fourth-order valence-electron chi connectivity index (χ4n) is 4.89. The molecule has 2 fully saturated rings. The van der Waals surface area contributed by atoms with Crippen molar-refractivity contribution in [1.29, 1.82) is 0 Å². The van der Waals surface area contributed by atoms with Crippen molar-refractivity contribution in [1.82, 2.24) is 5.01 Å². The molecular weight excluding hydrogens is 398 g/mol. The van der Waals surface area contributed by atoms with Crippen molar-refractivity contribution in [2.24, 2.45) is 16.9 Å². The third-order valence-corrected chi connectivity index (χ3v) is 6.23. The van der Waals surface area contributed by atoms with Crippen LogP contribution in [0.4, 0.5) is 5.69 Å². The molecule has 0 saturated carbocycles. The Labute approximate surface area is 177 Å². The molecular formula is C23H17N3O5. The van der Waals surface area contributed by atoms with Gasteiger partial charge in [-0.15, -0.1) is 0 Å². The van der Waals surface area contributed by atoms with Gasteiger partial charge in [0, 0.05) is 17.8 Å². The van der Waals surface area contributed by atoms with Gasteiger partial charge in [0.25, 0.3) is 0 Å². The van der Waals surface area contributed by atoms with Gasteiger partial charge in [-0.25, -0.2) is 4.90 Å². The number of hydrogen-bond acceptors (Lipinski definition) is 7. The molecule has 154 valence electrons. The third kappa shape index (κ3) is 2.48. The quantitative estimate of drug-likeness (QED) is 0.563. The van der Waals surface area contributed by atoms with Crippen molar-refractivity contribution in [3.63, 3.8) is 0 Å². The molecule has 2 aromatic carbocycles. The van der Waals surface area contributed by atoms with Crippen LogP contribution in [-0.4, -0.2) is 47.7 Å². The number of ketones is 1. The van der Waals surface area contributed by atoms with E-state index in [1.807, 2.05) is 12.1 Å². The van der Waals surface area contributed by atoms with E-state index >= 15 is 0 Å². The number of nitrogens with zero attached hydrogens (tertiary/aromatic N) is 3. The van der Waals surface area contributed by atoms with Crippen LogP contribution in [-0.2, 0) is 9.59 Å². The Bertz CT molecular complexity index is 1170. The molecule has 0 aliphatic carbocycles. The maximum Gasteiger partial charge on any atom is 0.240 e. The summed E-state index contributed by atoms with van der Waals surface area (Å²) in [6, 6.07) is 12.5. The van der Waals surface area contributed by atoms with Gasteiger partial charge in [0.15, 0.2) is 17.3 Å². The molecule has 4 aliphatic heterocycles. The molecule has 0 spiro atoms. The molecule has 4 aliphatic rings. The highest BCUT2D eigenvalue weighted by atomic mass is 16.7. The van der Waals surface area contributed by atoms with E-state index in [0.29, 0.717) is 22.7 Å². The van der Waals surface area contributed by atoms with Gasteiger partial charge in [-0.2, -0.15) is 5.10 Å². The van der Waals surface area contributed by atoms with Crippen LogP contribution in [0.5, 0.6) is 11.5 Å². The van der Waals surface area contributed by atoms with E-state index in [4.69, 9.17) is 9.47 Å². The predicted octanol–water partition coefficient (Wildman–Crippen LogP) is 2.01. The van der Waals surface area contributed by atoms with Gasteiger partial charge in [0.05, 0.1) is 23.6 Å². The zero-order chi connectivity index (χ0) is 21.1. The van der Waals surface area contributed by atoms with Crippen LogP contribution in [0.25, 0.3) is 0 Å². The summed E-state index contributed by atoms with van der Waals surface area (Å²) in [5.41, 5.74) is 0.896. The number of carbonyl (C=O) groups excluding carboxylic acids is 3. The Morgan fingerprint density at radius 1 is 0.968 bits per heavy atom. The molecule has 4 atom stereocenters. The Kier molecular flexibility index (Phi) is 3.77. The first-order valence-corrected chi connectivity index (χ1v) is 10.0. The van der Waals surface area contributed by atoms with E-state index in [1.54, 1.807) is 59.8 Å². The predicted molar refractivity (Wildman–Crippen MR) is 110 cm³/mol. The SMILES string of the molecule is O=C(c1ccccc1)[C@@H]1[C@@H]2C(=O)N(c3ccc4c(c3)OCO4)C(=O)[C@H]2[C@@H]2C=CC=NN12. The first kappa shape index (κ1) is 17.9. The lowest BCUT2D eigenvalue weighted by molar-refractivity contribution is -0.123. The van der Waals surface area contributed by atoms with Crippen molar-refractivity contribution in [3.8, 4) is 11.5 Å². The average molecular weight is 415 g/mol. The molecule has 8 nitrogen and oxygen atoms in total. The lowest BCUT2D eigenvalue weighted by Crippen LogP contribution is -2.46. The lowest BCUT2D eigenvalue weighted by Gasteiger charge is -2.30. The van der Waals surface area contributed by atoms with Crippen LogP contribution in [0.15, 0.2) is 65.8 Å². The van der Waals surface area contributed by atoms with Gasteiger partial charge >= 0.3 is 0 Å². The number of carbonyl (C=O) groups is 3. The van der Waals surface area contributed by atoms with E-state index in [0.717, 1.165) is 0 Å². The van der Waals surface area contributed by atoms with Gasteiger partial charge in [-0.05, 0) is 18.2 Å². The molecule has 31 heavy (non-hydrogen) atoms. The molecule has 0 N–H and O–H groups in total. The number of rotatable bonds is 3. The number of Topliss-reactive ketones (excluding diaryl/α,β-unsaturated/α-hetero) is 1. The number of anilines is 1. The molecule has 6 rings (SSSR count). The molecule has 0 radical (unpaired) electrons. The summed E-state index contributed by atoms with van der Waals surface area (Å²) in [5.74, 6) is -1.43. The fraction of sp³-hybridized carbons (Fsp3) is 0.217. The van der Waals surface area contributed by atoms with Crippen LogP contribution < -0.4 is 14.4 Å². The number of hydrogen-bond donors (Lipinski definition) is 0. The molecule has 8 heteroatoms. The van der Waals surface area contributed by atoms with Crippen LogP contribution in [0.2, 0.25) is 0 Å². The highest BCUT2D eigenvalue weighted by Gasteiger charge is 2.64. The van der Waals surface area contributed by atoms with Crippen LogP contribution in [0.3, 0.4) is 0 Å². The Morgan fingerprint density at radius 3 is 2.58 bits per heavy atom. The summed E-state index contributed by atoms with van der Waals surface area (Å²) in [6.07, 6.45) is 5.15. The number of amides is 2. The number of ether oxygens (including phenoxy) is 2. The Hall–Kier alpha value is -3.94. The summed E-state index contributed by atoms with van der Waals surface area (Å²) in [7, 11) is 0. The first-order chi connectivity index (χ1) is 15.1. The standard InChI is InChI=1S/C23H17N3O5/c27-21(13-5-2-1-3-6-13)20-19-18(15-7-4-10-24-26(15)20)22(28)25(23(19)29)14-8-9-16-17(11-14)31-12-30-16/h1-11,15,18-20H,12H2/t15-,18-,19+,20-/m0/s1. The van der Waals surface area contributed by atoms with E-state index in [2.05, 4.69) is 5.10 Å². The number of imide groups is 1. The van der Waals surface area contributed by atoms with Gasteiger partial charge < -0.3 is 9.47 Å². The Morgan fingerprint density at radius 2 is 1.74 bits per heavy atom. The summed E-state index contributed by atoms with van der Waals surface area (Å²) in [4.78, 5) is 41.6. The second-order valence-corrected chi connectivity index (χ2v) is 7.80. The molecule has 4 heterocycles. The number of fused-ring (bicyclic) bond motifs is 4. The number of hydrazone groups is 1. The molecule has 0 bridgehead atoms. The summed E-state index contributed by atoms with van der Waals surface area (Å²) in [6.45, 7) is 0.0966. The maximum absolute atomic E-state index is 13.6. The van der Waals surface area contributed by atoms with Crippen molar-refractivity contribution < 1.29 is 23.9 Å². The van der Waals surface area contributed by atoms with E-state index in [1.165, 1.54) is 4.90 Å². The monoisotopic (exact) mass is 415 g/mol. The largest absolute Gasteiger partial charge is 0.454 e. The molecule has 2 saturated heterocycles. The molecule has 0 aromatic heterocycles. The normalized spacial score (nSPS) is 27.6. The van der Waals surface area contributed by atoms with E-state index < -0.39 is 29.8 Å². The summed E-state index contributed by atoms with van der Waals surface area (Å²) >= 11 is 0. The summed E-state index contributed by atoms with van der Waals surface area (Å²) in [5, 5.41) is 5.97. The van der Waals surface area contributed by atoms with Gasteiger partial charge in [0.1, 0.15) is 6.04 Å². The maximum atomic E-state index is 13.6. The van der Waals surface area contributed by atoms with E-state index in [-0.39, 0.29) is 18.5 Å². The minimum Gasteiger partial charge on any atom is -0.454 e. The van der Waals surface area contributed by atoms with Crippen LogP contribution in [0, 0.1) is 11.8 Å². The highest BCUT2D eigenvalue weighted by Crippen LogP contribution is 2.47. The number of benzene rings is 2. The molecule has 2 amide bonds. The minimum absolute atomic E-state index is 0.0966. The zero-order valence-electron chi connectivity index (χ0n) is 16.3. The van der Waals surface area contributed by atoms with Gasteiger partial charge in [-0.3, -0.25) is 19.4 Å². The highest BCUT2D eigenvalue weighted by molar-refractivity contribution is 6.24. The average Bonchev–Trinajstić information content (AvgIpc) is 3.47. The Balaban J connectivity index is 1.42. The second kappa shape index (κ2) is 6.53. The van der Waals surface area contributed by atoms with Crippen molar-refractivity contribution in [2.75, 3.05) is 11.7 Å². The van der Waals surface area contributed by atoms with Crippen LogP contribution in [0.1, 0.15) is 10.4 Å². The van der Waals surface area contributed by atoms with E-state index in [9.17, 15) is 14.4 Å². The second-order valence-electron chi connectivity index (χ2n) is 7.80. The third-order valence-electron chi connectivity index (χ3n) is 6.23. The van der Waals surface area contributed by atoms with Crippen molar-refractivity contribution in [2.45, 2.75) is 12.1 Å². The van der Waals surface area contributed by atoms with Gasteiger partial charge in [-0.1, -0.05) is 36.4 Å². The van der Waals surface area contributed by atoms with Crippen LogP contribution >= 0.6 is 0 Å². The molecule has 2 aromatic rings.